The topological polar surface area (TPSA) is 77.2 Å². The minimum Gasteiger partial charge on any atom is -0.496 e. The molecule has 0 fully saturated rings. The number of nitrogens with zero attached hydrogens (tertiary/aromatic N) is 2. The Bertz CT molecular complexity index is 511. The van der Waals surface area contributed by atoms with Crippen molar-refractivity contribution in [3.63, 3.8) is 0 Å². The lowest BCUT2D eigenvalue weighted by Crippen LogP contribution is -2.37. The molecular formula is C15H23N3O3. The number of nitrogens with two attached hydrogens (primary N) is 1. The summed E-state index contributed by atoms with van der Waals surface area (Å²) < 4.78 is 9.92. The molecule has 6 heteroatoms. The fourth-order valence-electron chi connectivity index (χ4n) is 1.93. The SMILES string of the molecule is CCN(CC)C(N)=NCc1ccc(C(=O)OC)c(OC)c1. The van der Waals surface area contributed by atoms with Gasteiger partial charge in [-0.1, -0.05) is 6.07 Å². The molecule has 1 rings (SSSR count). The lowest BCUT2D eigenvalue weighted by Gasteiger charge is -2.19. The molecule has 0 spiro atoms. The molecule has 0 radical (unpaired) electrons. The van der Waals surface area contributed by atoms with Gasteiger partial charge in [-0.3, -0.25) is 0 Å². The third-order valence-electron chi connectivity index (χ3n) is 3.18. The van der Waals surface area contributed by atoms with E-state index in [1.165, 1.54) is 14.2 Å². The van der Waals surface area contributed by atoms with Crippen LogP contribution in [-0.2, 0) is 11.3 Å². The van der Waals surface area contributed by atoms with Crippen molar-refractivity contribution in [3.05, 3.63) is 29.3 Å². The lowest BCUT2D eigenvalue weighted by molar-refractivity contribution is 0.0597. The zero-order chi connectivity index (χ0) is 15.8. The van der Waals surface area contributed by atoms with Crippen molar-refractivity contribution in [1.82, 2.24) is 4.90 Å². The number of hydrogen-bond acceptors (Lipinski definition) is 4. The van der Waals surface area contributed by atoms with E-state index in [0.717, 1.165) is 18.7 Å². The van der Waals surface area contributed by atoms with Crippen LogP contribution in [0.5, 0.6) is 5.75 Å². The second kappa shape index (κ2) is 8.14. The van der Waals surface area contributed by atoms with Crippen molar-refractivity contribution in [2.75, 3.05) is 27.3 Å². The molecule has 21 heavy (non-hydrogen) atoms. The Labute approximate surface area is 125 Å². The molecule has 0 aliphatic rings. The highest BCUT2D eigenvalue weighted by molar-refractivity contribution is 5.92. The molecule has 0 aromatic heterocycles. The highest BCUT2D eigenvalue weighted by atomic mass is 16.5. The number of benzene rings is 1. The molecule has 0 atom stereocenters. The highest BCUT2D eigenvalue weighted by Gasteiger charge is 2.13. The van der Waals surface area contributed by atoms with Gasteiger partial charge in [0.1, 0.15) is 11.3 Å². The smallest absolute Gasteiger partial charge is 0.341 e. The van der Waals surface area contributed by atoms with Gasteiger partial charge >= 0.3 is 5.97 Å². The number of ether oxygens (including phenoxy) is 2. The quantitative estimate of drug-likeness (QED) is 0.490. The van der Waals surface area contributed by atoms with Crippen LogP contribution in [-0.4, -0.2) is 44.1 Å². The summed E-state index contributed by atoms with van der Waals surface area (Å²) >= 11 is 0. The minimum atomic E-state index is -0.426. The molecule has 1 aromatic carbocycles. The van der Waals surface area contributed by atoms with Crippen LogP contribution in [0.4, 0.5) is 0 Å². The molecule has 0 aliphatic heterocycles. The number of carbonyl (C=O) groups excluding carboxylic acids is 1. The van der Waals surface area contributed by atoms with Crippen molar-refractivity contribution in [2.24, 2.45) is 10.7 Å². The van der Waals surface area contributed by atoms with Gasteiger partial charge in [-0.15, -0.1) is 0 Å². The molecule has 0 amide bonds. The average molecular weight is 293 g/mol. The van der Waals surface area contributed by atoms with E-state index >= 15 is 0 Å². The van der Waals surface area contributed by atoms with Crippen molar-refractivity contribution in [2.45, 2.75) is 20.4 Å². The maximum Gasteiger partial charge on any atom is 0.341 e. The number of carbonyl (C=O) groups is 1. The van der Waals surface area contributed by atoms with Crippen LogP contribution in [0, 0.1) is 0 Å². The molecule has 0 aliphatic carbocycles. The van der Waals surface area contributed by atoms with E-state index in [1.54, 1.807) is 12.1 Å². The van der Waals surface area contributed by atoms with Crippen LogP contribution in [0.15, 0.2) is 23.2 Å². The summed E-state index contributed by atoms with van der Waals surface area (Å²) in [5.74, 6) is 0.552. The van der Waals surface area contributed by atoms with Crippen LogP contribution in [0.1, 0.15) is 29.8 Å². The van der Waals surface area contributed by atoms with Gasteiger partial charge < -0.3 is 20.1 Å². The van der Waals surface area contributed by atoms with Gasteiger partial charge in [0.15, 0.2) is 5.96 Å². The normalized spacial score (nSPS) is 11.1. The van der Waals surface area contributed by atoms with Gasteiger partial charge in [-0.25, -0.2) is 9.79 Å². The van der Waals surface area contributed by atoms with Gasteiger partial charge in [-0.05, 0) is 31.5 Å². The van der Waals surface area contributed by atoms with E-state index in [1.807, 2.05) is 24.8 Å². The summed E-state index contributed by atoms with van der Waals surface area (Å²) in [5.41, 5.74) is 7.23. The Morgan fingerprint density at radius 2 is 1.95 bits per heavy atom. The molecule has 6 nitrogen and oxygen atoms in total. The summed E-state index contributed by atoms with van der Waals surface area (Å²) in [6.07, 6.45) is 0. The van der Waals surface area contributed by atoms with Crippen LogP contribution in [0.3, 0.4) is 0 Å². The van der Waals surface area contributed by atoms with Crippen LogP contribution in [0.2, 0.25) is 0 Å². The van der Waals surface area contributed by atoms with Crippen LogP contribution < -0.4 is 10.5 Å². The summed E-state index contributed by atoms with van der Waals surface area (Å²) in [4.78, 5) is 17.9. The van der Waals surface area contributed by atoms with E-state index < -0.39 is 5.97 Å². The number of rotatable bonds is 6. The Balaban J connectivity index is 2.91. The Morgan fingerprint density at radius 3 is 2.48 bits per heavy atom. The minimum absolute atomic E-state index is 0.393. The molecule has 2 N–H and O–H groups in total. The fourth-order valence-corrected chi connectivity index (χ4v) is 1.93. The number of aliphatic imine (C=N–C) groups is 1. The summed E-state index contributed by atoms with van der Waals surface area (Å²) in [6, 6.07) is 5.25. The maximum absolute atomic E-state index is 11.6. The highest BCUT2D eigenvalue weighted by Crippen LogP contribution is 2.21. The predicted molar refractivity (Wildman–Crippen MR) is 82.6 cm³/mol. The fraction of sp³-hybridized carbons (Fsp3) is 0.467. The second-order valence-electron chi connectivity index (χ2n) is 4.37. The number of guanidine groups is 1. The first kappa shape index (κ1) is 16.8. The zero-order valence-electron chi connectivity index (χ0n) is 13.0. The molecule has 0 bridgehead atoms. The predicted octanol–water partition coefficient (Wildman–Crippen LogP) is 1.64. The number of hydrogen-bond donors (Lipinski definition) is 1. The van der Waals surface area contributed by atoms with E-state index in [2.05, 4.69) is 4.99 Å². The average Bonchev–Trinajstić information content (AvgIpc) is 2.52. The van der Waals surface area contributed by atoms with Crippen LogP contribution >= 0.6 is 0 Å². The van der Waals surface area contributed by atoms with Gasteiger partial charge in [0, 0.05) is 13.1 Å². The molecular weight excluding hydrogens is 270 g/mol. The van der Waals surface area contributed by atoms with E-state index in [-0.39, 0.29) is 0 Å². The monoisotopic (exact) mass is 293 g/mol. The largest absolute Gasteiger partial charge is 0.496 e. The zero-order valence-corrected chi connectivity index (χ0v) is 13.0. The van der Waals surface area contributed by atoms with Crippen molar-refractivity contribution < 1.29 is 14.3 Å². The van der Waals surface area contributed by atoms with Gasteiger partial charge in [-0.2, -0.15) is 0 Å². The number of esters is 1. The van der Waals surface area contributed by atoms with Crippen molar-refractivity contribution >= 4 is 11.9 Å². The Hall–Kier alpha value is -2.24. The molecule has 1 aromatic rings. The van der Waals surface area contributed by atoms with E-state index in [4.69, 9.17) is 15.2 Å². The third kappa shape index (κ3) is 4.37. The summed E-state index contributed by atoms with van der Waals surface area (Å²) in [7, 11) is 2.85. The molecule has 0 saturated heterocycles. The first-order valence-electron chi connectivity index (χ1n) is 6.87. The maximum atomic E-state index is 11.6. The first-order chi connectivity index (χ1) is 10.1. The number of methoxy groups -OCH3 is 2. The Morgan fingerprint density at radius 1 is 1.29 bits per heavy atom. The molecule has 0 unspecified atom stereocenters. The Kier molecular flexibility index (Phi) is 6.52. The third-order valence-corrected chi connectivity index (χ3v) is 3.18. The second-order valence-corrected chi connectivity index (χ2v) is 4.37. The molecule has 0 saturated carbocycles. The standard InChI is InChI=1S/C15H23N3O3/c1-5-18(6-2)15(16)17-10-11-7-8-12(14(19)21-4)13(9-11)20-3/h7-9H,5-6,10H2,1-4H3,(H2,16,17). The van der Waals surface area contributed by atoms with Crippen LogP contribution in [0.25, 0.3) is 0 Å². The van der Waals surface area contributed by atoms with Gasteiger partial charge in [0.2, 0.25) is 0 Å². The van der Waals surface area contributed by atoms with Crippen molar-refractivity contribution in [1.29, 1.82) is 0 Å². The summed E-state index contributed by atoms with van der Waals surface area (Å²) in [6.45, 7) is 6.12. The first-order valence-corrected chi connectivity index (χ1v) is 6.87. The van der Waals surface area contributed by atoms with E-state index in [0.29, 0.717) is 23.8 Å². The van der Waals surface area contributed by atoms with Gasteiger partial charge in [0.25, 0.3) is 0 Å². The molecule has 116 valence electrons. The molecule has 0 heterocycles. The van der Waals surface area contributed by atoms with E-state index in [9.17, 15) is 4.79 Å². The van der Waals surface area contributed by atoms with Gasteiger partial charge in [0.05, 0.1) is 20.8 Å². The van der Waals surface area contributed by atoms with Crippen molar-refractivity contribution in [3.8, 4) is 5.75 Å². The lowest BCUT2D eigenvalue weighted by atomic mass is 10.1. The summed E-state index contributed by atoms with van der Waals surface area (Å²) in [5, 5.41) is 0.